The number of ether oxygens (including phenoxy) is 4. The topological polar surface area (TPSA) is 143 Å². The van der Waals surface area contributed by atoms with E-state index in [-0.39, 0.29) is 19.3 Å². The fraction of sp³-hybridized carbons (Fsp3) is 0.559. The summed E-state index contributed by atoms with van der Waals surface area (Å²) in [6.45, 7) is 13.7. The Bertz CT molecular complexity index is 1440. The summed E-state index contributed by atoms with van der Waals surface area (Å²) in [5, 5.41) is 12.1. The van der Waals surface area contributed by atoms with Gasteiger partial charge in [0.25, 0.3) is 0 Å². The normalized spacial score (nSPS) is 38.4. The Labute approximate surface area is 256 Å². The number of benzene rings is 1. The molecule has 0 heterocycles. The minimum Gasteiger partial charge on any atom is -0.461 e. The zero-order valence-electron chi connectivity index (χ0n) is 26.0. The third-order valence-electron chi connectivity index (χ3n) is 11.0. The second-order valence-corrected chi connectivity index (χ2v) is 13.3. The molecule has 4 aliphatic rings. The van der Waals surface area contributed by atoms with Gasteiger partial charge in [-0.15, -0.1) is 0 Å². The van der Waals surface area contributed by atoms with E-state index in [2.05, 4.69) is 6.58 Å². The number of carbonyl (C=O) groups is 5. The Hall–Kier alpha value is -3.79. The summed E-state index contributed by atoms with van der Waals surface area (Å²) in [7, 11) is 0. The second kappa shape index (κ2) is 10.7. The summed E-state index contributed by atoms with van der Waals surface area (Å²) in [6.07, 6.45) is -2.81. The molecule has 236 valence electrons. The van der Waals surface area contributed by atoms with Crippen molar-refractivity contribution in [2.75, 3.05) is 0 Å². The molecule has 2 bridgehead atoms. The first-order chi connectivity index (χ1) is 20.6. The van der Waals surface area contributed by atoms with E-state index in [9.17, 15) is 29.1 Å². The molecule has 0 saturated heterocycles. The third kappa shape index (κ3) is 4.06. The Morgan fingerprint density at radius 1 is 0.886 bits per heavy atom. The largest absolute Gasteiger partial charge is 0.461 e. The Morgan fingerprint density at radius 3 is 2.05 bits per heavy atom. The van der Waals surface area contributed by atoms with Gasteiger partial charge in [0.2, 0.25) is 0 Å². The number of rotatable bonds is 6. The van der Waals surface area contributed by atoms with Gasteiger partial charge in [0.15, 0.2) is 5.78 Å². The summed E-state index contributed by atoms with van der Waals surface area (Å²) >= 11 is 0. The average molecular weight is 609 g/mol. The quantitative estimate of drug-likeness (QED) is 0.220. The van der Waals surface area contributed by atoms with E-state index in [1.807, 2.05) is 51.1 Å². The average Bonchev–Trinajstić information content (AvgIpc) is 3.18. The SMILES string of the molecule is C=C1[C@@H](OC(=O)/C=C/c2ccccc2)CC[C@@]2(C)[C@@H](OC(C)=O)[C@H](OC(C)=O)[C@@]34[C@H](O)C(=O)C[C@@H]([C@@H](OC(C)=O)[C@@]132)C4(C)C. The van der Waals surface area contributed by atoms with Crippen LogP contribution in [0.2, 0.25) is 0 Å². The van der Waals surface area contributed by atoms with Gasteiger partial charge >= 0.3 is 23.9 Å². The zero-order chi connectivity index (χ0) is 32.4. The molecule has 1 aromatic carbocycles. The highest BCUT2D eigenvalue weighted by Crippen LogP contribution is 2.85. The first-order valence-corrected chi connectivity index (χ1v) is 14.9. The van der Waals surface area contributed by atoms with Crippen LogP contribution in [0, 0.1) is 27.6 Å². The van der Waals surface area contributed by atoms with Gasteiger partial charge < -0.3 is 24.1 Å². The van der Waals surface area contributed by atoms with Gasteiger partial charge in [-0.25, -0.2) is 4.79 Å². The standard InChI is InChI=1S/C34H40O10/c1-18-25(44-26(39)14-13-22-11-9-8-10-12-22)15-16-32(7)29(42-20(3)36)30(43-21(4)37)34-27(40)24(38)17-23(31(34,5)6)28(33(18,32)34)41-19(2)35/h8-14,23,25,27-30,40H,1,15-17H2,2-7H3/b14-13+/t23-,25-,27+,28+,29-,30-,32-,33+,34+/m0/s1. The molecule has 5 rings (SSSR count). The van der Waals surface area contributed by atoms with Gasteiger partial charge in [-0.3, -0.25) is 19.2 Å². The fourth-order valence-corrected chi connectivity index (χ4v) is 9.69. The van der Waals surface area contributed by atoms with Crippen molar-refractivity contribution in [3.05, 3.63) is 54.1 Å². The zero-order valence-corrected chi connectivity index (χ0v) is 26.0. The van der Waals surface area contributed by atoms with E-state index in [4.69, 9.17) is 18.9 Å². The summed E-state index contributed by atoms with van der Waals surface area (Å²) in [4.78, 5) is 64.9. The molecule has 1 aromatic rings. The Morgan fingerprint density at radius 2 is 1.45 bits per heavy atom. The summed E-state index contributed by atoms with van der Waals surface area (Å²) < 4.78 is 24.1. The van der Waals surface area contributed by atoms with E-state index in [0.717, 1.165) is 5.56 Å². The molecule has 0 radical (unpaired) electrons. The van der Waals surface area contributed by atoms with Crippen LogP contribution in [0.5, 0.6) is 0 Å². The van der Waals surface area contributed by atoms with Crippen LogP contribution < -0.4 is 0 Å². The number of hydrogen-bond donors (Lipinski definition) is 1. The Balaban J connectivity index is 1.73. The molecule has 4 aliphatic carbocycles. The molecule has 0 unspecified atom stereocenters. The number of Topliss-reactive ketones (excluding diaryl/α,β-unsaturated/α-hetero) is 1. The van der Waals surface area contributed by atoms with Crippen LogP contribution in [0.3, 0.4) is 0 Å². The predicted octanol–water partition coefficient (Wildman–Crippen LogP) is 3.74. The van der Waals surface area contributed by atoms with E-state index in [0.29, 0.717) is 5.57 Å². The second-order valence-electron chi connectivity index (χ2n) is 13.3. The predicted molar refractivity (Wildman–Crippen MR) is 156 cm³/mol. The lowest BCUT2D eigenvalue weighted by atomic mass is 9.44. The van der Waals surface area contributed by atoms with E-state index >= 15 is 0 Å². The molecule has 9 atom stereocenters. The van der Waals surface area contributed by atoms with Crippen LogP contribution >= 0.6 is 0 Å². The van der Waals surface area contributed by atoms with Crippen molar-refractivity contribution in [3.63, 3.8) is 0 Å². The molecule has 4 fully saturated rings. The highest BCUT2D eigenvalue weighted by atomic mass is 16.6. The lowest BCUT2D eigenvalue weighted by molar-refractivity contribution is -0.208. The maximum absolute atomic E-state index is 13.7. The van der Waals surface area contributed by atoms with E-state index < -0.39 is 87.8 Å². The van der Waals surface area contributed by atoms with Gasteiger partial charge in [0, 0.05) is 44.6 Å². The maximum Gasteiger partial charge on any atom is 0.331 e. The van der Waals surface area contributed by atoms with Crippen LogP contribution in [0.15, 0.2) is 48.6 Å². The Kier molecular flexibility index (Phi) is 7.68. The molecular formula is C34H40O10. The van der Waals surface area contributed by atoms with Gasteiger partial charge in [-0.05, 0) is 35.5 Å². The van der Waals surface area contributed by atoms with E-state index in [1.54, 1.807) is 6.08 Å². The molecule has 10 heteroatoms. The monoisotopic (exact) mass is 608 g/mol. The molecule has 44 heavy (non-hydrogen) atoms. The number of esters is 4. The van der Waals surface area contributed by atoms with Crippen molar-refractivity contribution in [2.24, 2.45) is 27.6 Å². The first kappa shape index (κ1) is 31.6. The first-order valence-electron chi connectivity index (χ1n) is 14.9. The molecule has 4 saturated carbocycles. The van der Waals surface area contributed by atoms with Crippen molar-refractivity contribution < 1.29 is 48.0 Å². The minimum absolute atomic E-state index is 0.103. The summed E-state index contributed by atoms with van der Waals surface area (Å²) in [5.74, 6) is -3.75. The summed E-state index contributed by atoms with van der Waals surface area (Å²) in [5.41, 5.74) is -4.27. The molecule has 10 nitrogen and oxygen atoms in total. The van der Waals surface area contributed by atoms with Crippen molar-refractivity contribution >= 4 is 35.7 Å². The molecule has 0 aromatic heterocycles. The molecule has 2 spiro atoms. The van der Waals surface area contributed by atoms with Crippen LogP contribution in [0.25, 0.3) is 6.08 Å². The van der Waals surface area contributed by atoms with E-state index in [1.165, 1.54) is 26.8 Å². The van der Waals surface area contributed by atoms with Crippen LogP contribution in [-0.2, 0) is 42.9 Å². The van der Waals surface area contributed by atoms with Crippen LogP contribution in [0.4, 0.5) is 0 Å². The molecule has 0 amide bonds. The lowest BCUT2D eigenvalue weighted by Gasteiger charge is -2.59. The number of carbonyl (C=O) groups excluding carboxylic acids is 5. The maximum atomic E-state index is 13.7. The fourth-order valence-electron chi connectivity index (χ4n) is 9.69. The summed E-state index contributed by atoms with van der Waals surface area (Å²) in [6, 6.07) is 9.22. The highest BCUT2D eigenvalue weighted by molar-refractivity contribution is 5.89. The van der Waals surface area contributed by atoms with Crippen LogP contribution in [0.1, 0.15) is 66.4 Å². The smallest absolute Gasteiger partial charge is 0.331 e. The number of ketones is 1. The number of fused-ring (bicyclic) bond motifs is 1. The van der Waals surface area contributed by atoms with Crippen LogP contribution in [-0.4, -0.2) is 65.3 Å². The third-order valence-corrected chi connectivity index (χ3v) is 11.0. The van der Waals surface area contributed by atoms with Crippen molar-refractivity contribution in [1.82, 2.24) is 0 Å². The van der Waals surface area contributed by atoms with Gasteiger partial charge in [-0.1, -0.05) is 57.7 Å². The molecular weight excluding hydrogens is 568 g/mol. The van der Waals surface area contributed by atoms with Gasteiger partial charge in [-0.2, -0.15) is 0 Å². The number of aliphatic hydroxyl groups excluding tert-OH is 1. The molecule has 1 N–H and O–H groups in total. The van der Waals surface area contributed by atoms with Crippen molar-refractivity contribution in [3.8, 4) is 0 Å². The minimum atomic E-state index is -1.71. The van der Waals surface area contributed by atoms with Crippen molar-refractivity contribution in [2.45, 2.75) is 91.3 Å². The van der Waals surface area contributed by atoms with Crippen molar-refractivity contribution in [1.29, 1.82) is 0 Å². The van der Waals surface area contributed by atoms with Gasteiger partial charge in [0.05, 0.1) is 10.8 Å². The number of hydrogen-bond acceptors (Lipinski definition) is 10. The number of aliphatic hydroxyl groups is 1. The lowest BCUT2D eigenvalue weighted by Crippen LogP contribution is -2.66. The highest BCUT2D eigenvalue weighted by Gasteiger charge is 2.93. The van der Waals surface area contributed by atoms with Gasteiger partial charge in [0.1, 0.15) is 30.5 Å². The molecule has 0 aliphatic heterocycles.